The number of hydrogen-bond acceptors (Lipinski definition) is 4. The highest BCUT2D eigenvalue weighted by Gasteiger charge is 2.29. The van der Waals surface area contributed by atoms with Gasteiger partial charge in [0, 0.05) is 26.2 Å². The average molecular weight is 354 g/mol. The number of methoxy groups -OCH3 is 2. The van der Waals surface area contributed by atoms with E-state index in [1.165, 1.54) is 11.1 Å². The van der Waals surface area contributed by atoms with E-state index in [-0.39, 0.29) is 6.04 Å². The highest BCUT2D eigenvalue weighted by molar-refractivity contribution is 5.51. The lowest BCUT2D eigenvalue weighted by Crippen LogP contribution is -2.45. The predicted molar refractivity (Wildman–Crippen MR) is 106 cm³/mol. The van der Waals surface area contributed by atoms with Crippen molar-refractivity contribution in [3.05, 3.63) is 59.2 Å². The Labute approximate surface area is 157 Å². The molecule has 0 amide bonds. The minimum absolute atomic E-state index is 0.115. The normalized spacial score (nSPS) is 16.5. The lowest BCUT2D eigenvalue weighted by atomic mass is 9.92. The van der Waals surface area contributed by atoms with Gasteiger partial charge in [-0.05, 0) is 29.2 Å². The molecule has 0 aliphatic carbocycles. The Morgan fingerprint density at radius 3 is 1.88 bits per heavy atom. The summed E-state index contributed by atoms with van der Waals surface area (Å²) < 4.78 is 11.4. The van der Waals surface area contributed by atoms with Gasteiger partial charge in [0.05, 0.1) is 25.8 Å². The molecule has 4 heteroatoms. The highest BCUT2D eigenvalue weighted by atomic mass is 16.5. The molecule has 140 valence electrons. The van der Waals surface area contributed by atoms with Gasteiger partial charge in [0.2, 0.25) is 0 Å². The average Bonchev–Trinajstić information content (AvgIpc) is 2.69. The monoisotopic (exact) mass is 354 g/mol. The van der Waals surface area contributed by atoms with Crippen LogP contribution in [0.15, 0.2) is 42.5 Å². The second-order valence-electron chi connectivity index (χ2n) is 7.09. The summed E-state index contributed by atoms with van der Waals surface area (Å²) in [5, 5.41) is 3.45. The molecule has 2 aromatic carbocycles. The molecule has 2 aromatic rings. The lowest BCUT2D eigenvalue weighted by molar-refractivity contribution is 0.192. The molecule has 0 aromatic heterocycles. The first-order valence-corrected chi connectivity index (χ1v) is 9.41. The van der Waals surface area contributed by atoms with Crippen molar-refractivity contribution >= 4 is 0 Å². The molecule has 1 heterocycles. The van der Waals surface area contributed by atoms with Crippen LogP contribution >= 0.6 is 0 Å². The highest BCUT2D eigenvalue weighted by Crippen LogP contribution is 2.41. The molecular weight excluding hydrogens is 324 g/mol. The van der Waals surface area contributed by atoms with Gasteiger partial charge < -0.3 is 14.8 Å². The molecule has 3 rings (SSSR count). The molecule has 0 saturated carbocycles. The number of ether oxygens (including phenoxy) is 2. The fraction of sp³-hybridized carbons (Fsp3) is 0.455. The standard InChI is InChI=1S/C22H30N2O2/c1-16(2)17-8-10-18(11-9-17)22(24-14-12-23-13-15-24)21-19(25-3)6-5-7-20(21)26-4/h5-11,16,22-23H,12-15H2,1-4H3. The van der Waals surface area contributed by atoms with E-state index in [1.54, 1.807) is 14.2 Å². The molecule has 1 aliphatic rings. The van der Waals surface area contributed by atoms with Gasteiger partial charge >= 0.3 is 0 Å². The van der Waals surface area contributed by atoms with Crippen LogP contribution in [-0.4, -0.2) is 45.3 Å². The summed E-state index contributed by atoms with van der Waals surface area (Å²) in [7, 11) is 3.46. The van der Waals surface area contributed by atoms with E-state index in [0.717, 1.165) is 43.2 Å². The Morgan fingerprint density at radius 1 is 0.846 bits per heavy atom. The summed E-state index contributed by atoms with van der Waals surface area (Å²) in [6, 6.07) is 15.2. The second-order valence-corrected chi connectivity index (χ2v) is 7.09. The van der Waals surface area contributed by atoms with Crippen LogP contribution < -0.4 is 14.8 Å². The quantitative estimate of drug-likeness (QED) is 0.855. The smallest absolute Gasteiger partial charge is 0.127 e. The molecule has 0 radical (unpaired) electrons. The first-order valence-electron chi connectivity index (χ1n) is 9.41. The van der Waals surface area contributed by atoms with E-state index in [1.807, 2.05) is 18.2 Å². The molecule has 1 unspecified atom stereocenters. The fourth-order valence-electron chi connectivity index (χ4n) is 3.71. The molecule has 0 spiro atoms. The maximum Gasteiger partial charge on any atom is 0.127 e. The van der Waals surface area contributed by atoms with Gasteiger partial charge in [0.15, 0.2) is 0 Å². The Bertz CT molecular complexity index is 684. The zero-order chi connectivity index (χ0) is 18.5. The Morgan fingerprint density at radius 2 is 1.38 bits per heavy atom. The van der Waals surface area contributed by atoms with Crippen LogP contribution in [0.3, 0.4) is 0 Å². The van der Waals surface area contributed by atoms with E-state index < -0.39 is 0 Å². The van der Waals surface area contributed by atoms with E-state index in [4.69, 9.17) is 9.47 Å². The third-order valence-corrected chi connectivity index (χ3v) is 5.17. The Kier molecular flexibility index (Phi) is 6.17. The first-order chi connectivity index (χ1) is 12.7. The zero-order valence-corrected chi connectivity index (χ0v) is 16.3. The van der Waals surface area contributed by atoms with E-state index in [0.29, 0.717) is 5.92 Å². The number of hydrogen-bond donors (Lipinski definition) is 1. The first kappa shape index (κ1) is 18.7. The van der Waals surface area contributed by atoms with Crippen molar-refractivity contribution in [1.82, 2.24) is 10.2 Å². The molecule has 1 N–H and O–H groups in total. The molecule has 0 bridgehead atoms. The summed E-state index contributed by atoms with van der Waals surface area (Å²) in [6.07, 6.45) is 0. The van der Waals surface area contributed by atoms with Gasteiger partial charge in [0.1, 0.15) is 11.5 Å². The van der Waals surface area contributed by atoms with Crippen LogP contribution in [0.2, 0.25) is 0 Å². The Balaban J connectivity index is 2.10. The number of benzene rings is 2. The van der Waals surface area contributed by atoms with Gasteiger partial charge in [-0.25, -0.2) is 0 Å². The molecular formula is C22H30N2O2. The summed E-state index contributed by atoms with van der Waals surface area (Å²) in [4.78, 5) is 2.52. The van der Waals surface area contributed by atoms with Crippen LogP contribution in [0.5, 0.6) is 11.5 Å². The summed E-state index contributed by atoms with van der Waals surface area (Å²) in [5.74, 6) is 2.28. The lowest BCUT2D eigenvalue weighted by Gasteiger charge is -2.36. The minimum atomic E-state index is 0.115. The van der Waals surface area contributed by atoms with Crippen LogP contribution in [0.1, 0.15) is 42.5 Å². The van der Waals surface area contributed by atoms with Crippen molar-refractivity contribution < 1.29 is 9.47 Å². The molecule has 1 saturated heterocycles. The van der Waals surface area contributed by atoms with Crippen molar-refractivity contribution in [1.29, 1.82) is 0 Å². The van der Waals surface area contributed by atoms with Crippen LogP contribution in [0.25, 0.3) is 0 Å². The van der Waals surface area contributed by atoms with Gasteiger partial charge in [-0.1, -0.05) is 44.2 Å². The van der Waals surface area contributed by atoms with Gasteiger partial charge in [-0.3, -0.25) is 4.90 Å². The number of nitrogens with one attached hydrogen (secondary N) is 1. The van der Waals surface area contributed by atoms with Gasteiger partial charge in [-0.15, -0.1) is 0 Å². The minimum Gasteiger partial charge on any atom is -0.496 e. The number of piperazine rings is 1. The second kappa shape index (κ2) is 8.56. The maximum atomic E-state index is 5.72. The van der Waals surface area contributed by atoms with E-state index in [2.05, 4.69) is 48.3 Å². The summed E-state index contributed by atoms with van der Waals surface area (Å²) >= 11 is 0. The molecule has 4 nitrogen and oxygen atoms in total. The van der Waals surface area contributed by atoms with E-state index >= 15 is 0 Å². The van der Waals surface area contributed by atoms with Crippen molar-refractivity contribution in [2.75, 3.05) is 40.4 Å². The molecule has 1 fully saturated rings. The van der Waals surface area contributed by atoms with E-state index in [9.17, 15) is 0 Å². The Hall–Kier alpha value is -2.04. The molecule has 26 heavy (non-hydrogen) atoms. The summed E-state index contributed by atoms with van der Waals surface area (Å²) in [5.41, 5.74) is 3.75. The number of nitrogens with zero attached hydrogens (tertiary/aromatic N) is 1. The van der Waals surface area contributed by atoms with Crippen molar-refractivity contribution in [3.63, 3.8) is 0 Å². The third kappa shape index (κ3) is 3.87. The van der Waals surface area contributed by atoms with Crippen molar-refractivity contribution in [3.8, 4) is 11.5 Å². The molecule has 1 aliphatic heterocycles. The topological polar surface area (TPSA) is 33.7 Å². The SMILES string of the molecule is COc1cccc(OC)c1C(c1ccc(C(C)C)cc1)N1CCNCC1. The largest absolute Gasteiger partial charge is 0.496 e. The summed E-state index contributed by atoms with van der Waals surface area (Å²) in [6.45, 7) is 8.45. The predicted octanol–water partition coefficient (Wildman–Crippen LogP) is 3.82. The molecule has 1 atom stereocenters. The van der Waals surface area contributed by atoms with Crippen LogP contribution in [0.4, 0.5) is 0 Å². The van der Waals surface area contributed by atoms with Crippen LogP contribution in [0, 0.1) is 0 Å². The van der Waals surface area contributed by atoms with Gasteiger partial charge in [0.25, 0.3) is 0 Å². The number of rotatable bonds is 6. The van der Waals surface area contributed by atoms with Crippen molar-refractivity contribution in [2.24, 2.45) is 0 Å². The third-order valence-electron chi connectivity index (χ3n) is 5.17. The van der Waals surface area contributed by atoms with Crippen LogP contribution in [-0.2, 0) is 0 Å². The maximum absolute atomic E-state index is 5.72. The van der Waals surface area contributed by atoms with Crippen molar-refractivity contribution in [2.45, 2.75) is 25.8 Å². The zero-order valence-electron chi connectivity index (χ0n) is 16.3. The fourth-order valence-corrected chi connectivity index (χ4v) is 3.71. The van der Waals surface area contributed by atoms with Gasteiger partial charge in [-0.2, -0.15) is 0 Å².